The highest BCUT2D eigenvalue weighted by Crippen LogP contribution is 2.20. The Hall–Kier alpha value is -1.89. The topological polar surface area (TPSA) is 81.7 Å². The molecule has 1 atom stereocenters. The van der Waals surface area contributed by atoms with Gasteiger partial charge in [-0.05, 0) is 17.7 Å². The number of carbonyl (C=O) groups is 3. The molecule has 0 spiro atoms. The number of nitrogens with one attached hydrogen (secondary N) is 1. The number of esters is 2. The molecule has 1 aromatic rings. The maximum absolute atomic E-state index is 11.9. The smallest absolute Gasteiger partial charge is 0.307 e. The summed E-state index contributed by atoms with van der Waals surface area (Å²) in [5.41, 5.74) is 0.787. The molecule has 0 aliphatic heterocycles. The summed E-state index contributed by atoms with van der Waals surface area (Å²) in [6.45, 7) is 1.28. The van der Waals surface area contributed by atoms with E-state index in [1.165, 1.54) is 14.0 Å². The van der Waals surface area contributed by atoms with Crippen LogP contribution in [0.5, 0.6) is 0 Å². The summed E-state index contributed by atoms with van der Waals surface area (Å²) in [6.07, 6.45) is 0.0607. The van der Waals surface area contributed by atoms with Crippen LogP contribution < -0.4 is 5.32 Å². The molecular formula is C15H18BrNO5. The van der Waals surface area contributed by atoms with Crippen molar-refractivity contribution in [3.63, 3.8) is 0 Å². The van der Waals surface area contributed by atoms with Crippen LogP contribution >= 0.6 is 15.9 Å². The molecule has 1 N–H and O–H groups in total. The fraction of sp³-hybridized carbons (Fsp3) is 0.400. The van der Waals surface area contributed by atoms with E-state index in [-0.39, 0.29) is 25.4 Å². The number of methoxy groups -OCH3 is 1. The zero-order valence-electron chi connectivity index (χ0n) is 12.4. The van der Waals surface area contributed by atoms with Crippen LogP contribution in [0, 0.1) is 0 Å². The molecular weight excluding hydrogens is 354 g/mol. The number of carbonyl (C=O) groups excluding carboxylic acids is 3. The zero-order chi connectivity index (χ0) is 16.5. The molecule has 0 saturated carbocycles. The monoisotopic (exact) mass is 371 g/mol. The minimum absolute atomic E-state index is 0.00640. The number of hydrogen-bond acceptors (Lipinski definition) is 5. The maximum atomic E-state index is 11.9. The Bertz CT molecular complexity index is 529. The van der Waals surface area contributed by atoms with Crippen molar-refractivity contribution >= 4 is 33.8 Å². The Labute approximate surface area is 137 Å². The van der Waals surface area contributed by atoms with Gasteiger partial charge in [-0.2, -0.15) is 0 Å². The number of benzene rings is 1. The number of ether oxygens (including phenoxy) is 2. The van der Waals surface area contributed by atoms with E-state index in [9.17, 15) is 14.4 Å². The number of amides is 1. The van der Waals surface area contributed by atoms with E-state index in [4.69, 9.17) is 4.74 Å². The molecule has 0 heterocycles. The summed E-state index contributed by atoms with van der Waals surface area (Å²) >= 11 is 3.33. The number of halogens is 1. The number of rotatable bonds is 7. The van der Waals surface area contributed by atoms with Gasteiger partial charge in [0.2, 0.25) is 5.91 Å². The van der Waals surface area contributed by atoms with Gasteiger partial charge in [0.05, 0.1) is 26.0 Å². The van der Waals surface area contributed by atoms with Crippen LogP contribution in [0.1, 0.15) is 31.4 Å². The minimum atomic E-state index is -0.495. The van der Waals surface area contributed by atoms with Gasteiger partial charge < -0.3 is 14.8 Å². The fourth-order valence-electron chi connectivity index (χ4n) is 1.75. The Kier molecular flexibility index (Phi) is 7.59. The molecule has 0 radical (unpaired) electrons. The summed E-state index contributed by atoms with van der Waals surface area (Å²) in [7, 11) is 1.30. The second-order valence-electron chi connectivity index (χ2n) is 4.54. The minimum Gasteiger partial charge on any atom is -0.469 e. The lowest BCUT2D eigenvalue weighted by Crippen LogP contribution is -2.31. The third kappa shape index (κ3) is 6.71. The van der Waals surface area contributed by atoms with Crippen LogP contribution in [0.15, 0.2) is 28.7 Å². The van der Waals surface area contributed by atoms with Gasteiger partial charge in [0.1, 0.15) is 6.61 Å². The average molecular weight is 372 g/mol. The first-order valence-corrected chi connectivity index (χ1v) is 7.46. The third-order valence-electron chi connectivity index (χ3n) is 2.84. The van der Waals surface area contributed by atoms with Crippen molar-refractivity contribution in [2.45, 2.75) is 25.8 Å². The van der Waals surface area contributed by atoms with Gasteiger partial charge in [0.15, 0.2) is 0 Å². The molecule has 6 nitrogen and oxygen atoms in total. The largest absolute Gasteiger partial charge is 0.469 e. The van der Waals surface area contributed by atoms with Crippen LogP contribution in [0.4, 0.5) is 0 Å². The first-order chi connectivity index (χ1) is 10.4. The molecule has 0 bridgehead atoms. The van der Waals surface area contributed by atoms with E-state index in [1.807, 2.05) is 24.3 Å². The number of hydrogen-bond donors (Lipinski definition) is 1. The van der Waals surface area contributed by atoms with Crippen molar-refractivity contribution in [1.29, 1.82) is 0 Å². The first-order valence-electron chi connectivity index (χ1n) is 6.67. The Morgan fingerprint density at radius 2 is 1.86 bits per heavy atom. The molecule has 120 valence electrons. The molecule has 0 aliphatic rings. The molecule has 1 rings (SSSR count). The fourth-order valence-corrected chi connectivity index (χ4v) is 2.02. The van der Waals surface area contributed by atoms with Gasteiger partial charge >= 0.3 is 11.9 Å². The average Bonchev–Trinajstić information content (AvgIpc) is 2.46. The molecule has 22 heavy (non-hydrogen) atoms. The van der Waals surface area contributed by atoms with Gasteiger partial charge in [-0.25, -0.2) is 0 Å². The summed E-state index contributed by atoms with van der Waals surface area (Å²) < 4.78 is 10.3. The van der Waals surface area contributed by atoms with E-state index in [1.54, 1.807) is 0 Å². The molecule has 0 aromatic heterocycles. The van der Waals surface area contributed by atoms with Crippen molar-refractivity contribution in [3.05, 3.63) is 34.3 Å². The first kappa shape index (κ1) is 18.2. The van der Waals surface area contributed by atoms with Crippen LogP contribution in [0.25, 0.3) is 0 Å². The lowest BCUT2D eigenvalue weighted by Gasteiger charge is -2.18. The highest BCUT2D eigenvalue weighted by atomic mass is 79.9. The van der Waals surface area contributed by atoms with Crippen LogP contribution in [0.2, 0.25) is 0 Å². The normalized spacial score (nSPS) is 11.4. The van der Waals surface area contributed by atoms with Crippen LogP contribution in [0.3, 0.4) is 0 Å². The molecule has 1 aromatic carbocycles. The SMILES string of the molecule is COC(=O)C[C@H](NC(=O)CCOC(C)=O)c1ccc(Br)cc1. The van der Waals surface area contributed by atoms with Crippen molar-refractivity contribution < 1.29 is 23.9 Å². The lowest BCUT2D eigenvalue weighted by atomic mass is 10.0. The van der Waals surface area contributed by atoms with Gasteiger partial charge in [0.25, 0.3) is 0 Å². The van der Waals surface area contributed by atoms with Crippen molar-refractivity contribution in [1.82, 2.24) is 5.32 Å². The van der Waals surface area contributed by atoms with E-state index < -0.39 is 18.0 Å². The lowest BCUT2D eigenvalue weighted by molar-refractivity contribution is -0.141. The maximum Gasteiger partial charge on any atom is 0.307 e. The third-order valence-corrected chi connectivity index (χ3v) is 3.37. The Morgan fingerprint density at radius 3 is 2.41 bits per heavy atom. The van der Waals surface area contributed by atoms with Crippen molar-refractivity contribution in [2.24, 2.45) is 0 Å². The molecule has 7 heteroatoms. The predicted molar refractivity (Wildman–Crippen MR) is 82.9 cm³/mol. The van der Waals surface area contributed by atoms with Crippen LogP contribution in [-0.2, 0) is 23.9 Å². The van der Waals surface area contributed by atoms with Gasteiger partial charge in [-0.1, -0.05) is 28.1 Å². The van der Waals surface area contributed by atoms with Gasteiger partial charge in [-0.3, -0.25) is 14.4 Å². The van der Waals surface area contributed by atoms with Crippen molar-refractivity contribution in [3.8, 4) is 0 Å². The quantitative estimate of drug-likeness (QED) is 0.742. The summed E-state index contributed by atoms with van der Waals surface area (Å²) in [5, 5.41) is 2.75. The Balaban J connectivity index is 2.69. The highest BCUT2D eigenvalue weighted by molar-refractivity contribution is 9.10. The summed E-state index contributed by atoms with van der Waals surface area (Å²) in [6, 6.07) is 6.77. The van der Waals surface area contributed by atoms with E-state index in [2.05, 4.69) is 26.0 Å². The highest BCUT2D eigenvalue weighted by Gasteiger charge is 2.19. The molecule has 0 aliphatic carbocycles. The Morgan fingerprint density at radius 1 is 1.23 bits per heavy atom. The second kappa shape index (κ2) is 9.19. The molecule has 0 saturated heterocycles. The van der Waals surface area contributed by atoms with E-state index in [0.717, 1.165) is 10.0 Å². The zero-order valence-corrected chi connectivity index (χ0v) is 14.0. The molecule has 1 amide bonds. The standard InChI is InChI=1S/C15H18BrNO5/c1-10(18)22-8-7-14(19)17-13(9-15(20)21-2)11-3-5-12(16)6-4-11/h3-6,13H,7-9H2,1-2H3,(H,17,19)/t13-/m0/s1. The van der Waals surface area contributed by atoms with Gasteiger partial charge in [0, 0.05) is 11.4 Å². The van der Waals surface area contributed by atoms with E-state index in [0.29, 0.717) is 0 Å². The van der Waals surface area contributed by atoms with Gasteiger partial charge in [-0.15, -0.1) is 0 Å². The second-order valence-corrected chi connectivity index (χ2v) is 5.46. The van der Waals surface area contributed by atoms with E-state index >= 15 is 0 Å². The van der Waals surface area contributed by atoms with Crippen molar-refractivity contribution in [2.75, 3.05) is 13.7 Å². The molecule has 0 fully saturated rings. The predicted octanol–water partition coefficient (Wildman–Crippen LogP) is 2.12. The summed E-state index contributed by atoms with van der Waals surface area (Å²) in [4.78, 5) is 34.0. The van der Waals surface area contributed by atoms with Crippen LogP contribution in [-0.4, -0.2) is 31.6 Å². The molecule has 0 unspecified atom stereocenters. The summed E-state index contributed by atoms with van der Waals surface area (Å²) in [5.74, 6) is -1.17.